The van der Waals surface area contributed by atoms with Gasteiger partial charge in [0.2, 0.25) is 0 Å². The molecule has 5 heteroatoms. The molecule has 0 bridgehead atoms. The van der Waals surface area contributed by atoms with Crippen molar-refractivity contribution in [3.8, 4) is 0 Å². The van der Waals surface area contributed by atoms with Crippen molar-refractivity contribution in [1.82, 2.24) is 0 Å². The predicted molar refractivity (Wildman–Crippen MR) is 75.0 cm³/mol. The number of hydrogen-bond acceptors (Lipinski definition) is 0. The normalized spacial score (nSPS) is 13.3. The Labute approximate surface area is 125 Å². The maximum absolute atomic E-state index is 13.3. The first-order chi connectivity index (χ1) is 9.70. The van der Waals surface area contributed by atoms with Crippen LogP contribution in [0.1, 0.15) is 33.2 Å². The quantitative estimate of drug-likeness (QED) is 0.486. The Morgan fingerprint density at radius 2 is 1.43 bits per heavy atom. The van der Waals surface area contributed by atoms with E-state index in [2.05, 4.69) is 0 Å². The molecule has 0 aliphatic heterocycles. The third-order valence-electron chi connectivity index (χ3n) is 3.34. The van der Waals surface area contributed by atoms with Gasteiger partial charge >= 0.3 is 6.18 Å². The van der Waals surface area contributed by atoms with E-state index in [1.165, 1.54) is 24.3 Å². The van der Waals surface area contributed by atoms with Crippen molar-refractivity contribution in [2.75, 3.05) is 0 Å². The molecule has 0 nitrogen and oxygen atoms in total. The number of alkyl halides is 4. The lowest BCUT2D eigenvalue weighted by atomic mass is 9.95. The summed E-state index contributed by atoms with van der Waals surface area (Å²) in [6.07, 6.45) is -4.37. The maximum atomic E-state index is 13.3. The number of rotatable bonds is 2. The second-order valence-electron chi connectivity index (χ2n) is 4.94. The Hall–Kier alpha value is -1.55. The molecule has 0 aromatic heterocycles. The first-order valence-corrected chi connectivity index (χ1v) is 6.71. The molecule has 0 saturated heterocycles. The molecule has 1 atom stereocenters. The van der Waals surface area contributed by atoms with E-state index in [0.717, 1.165) is 17.7 Å². The molecule has 0 N–H and O–H groups in total. The van der Waals surface area contributed by atoms with Crippen LogP contribution in [0.2, 0.25) is 0 Å². The molecule has 1 unspecified atom stereocenters. The van der Waals surface area contributed by atoms with Gasteiger partial charge in [-0.1, -0.05) is 12.1 Å². The van der Waals surface area contributed by atoms with Crippen LogP contribution in [0.25, 0.3) is 0 Å². The van der Waals surface area contributed by atoms with Gasteiger partial charge in [0, 0.05) is 0 Å². The first kappa shape index (κ1) is 15.8. The van der Waals surface area contributed by atoms with Crippen LogP contribution in [0.15, 0.2) is 36.4 Å². The standard InChI is InChI=1S/C16H13ClF4/c1-9-7-13(18)8-10(2)14(9)15(17)11-3-5-12(6-4-11)16(19,20)21/h3-8,15H,1-2H3. The van der Waals surface area contributed by atoms with Gasteiger partial charge < -0.3 is 0 Å². The molecule has 0 heterocycles. The Kier molecular flexibility index (Phi) is 4.28. The van der Waals surface area contributed by atoms with Crippen molar-refractivity contribution in [3.63, 3.8) is 0 Å². The van der Waals surface area contributed by atoms with Gasteiger partial charge in [-0.2, -0.15) is 13.2 Å². The monoisotopic (exact) mass is 316 g/mol. The first-order valence-electron chi connectivity index (χ1n) is 6.28. The fraction of sp³-hybridized carbons (Fsp3) is 0.250. The minimum absolute atomic E-state index is 0.356. The van der Waals surface area contributed by atoms with Crippen molar-refractivity contribution in [3.05, 3.63) is 70.0 Å². The lowest BCUT2D eigenvalue weighted by Crippen LogP contribution is -2.06. The van der Waals surface area contributed by atoms with E-state index in [-0.39, 0.29) is 5.82 Å². The molecule has 0 fully saturated rings. The minimum atomic E-state index is -4.37. The lowest BCUT2D eigenvalue weighted by molar-refractivity contribution is -0.137. The van der Waals surface area contributed by atoms with Gasteiger partial charge in [0.05, 0.1) is 10.9 Å². The molecule has 0 aliphatic carbocycles. The van der Waals surface area contributed by atoms with Crippen LogP contribution in [-0.2, 0) is 6.18 Å². The van der Waals surface area contributed by atoms with E-state index in [4.69, 9.17) is 11.6 Å². The number of hydrogen-bond donors (Lipinski definition) is 0. The molecule has 0 radical (unpaired) electrons. The van der Waals surface area contributed by atoms with Gasteiger partial charge in [0.1, 0.15) is 5.82 Å². The van der Waals surface area contributed by atoms with E-state index in [1.54, 1.807) is 13.8 Å². The van der Waals surface area contributed by atoms with Gasteiger partial charge in [-0.05, 0) is 60.4 Å². The van der Waals surface area contributed by atoms with Crippen LogP contribution in [0.3, 0.4) is 0 Å². The average Bonchev–Trinajstić information content (AvgIpc) is 2.36. The van der Waals surface area contributed by atoms with Gasteiger partial charge in [0.15, 0.2) is 0 Å². The molecule has 2 rings (SSSR count). The Bertz CT molecular complexity index is 621. The van der Waals surface area contributed by atoms with Crippen LogP contribution < -0.4 is 0 Å². The summed E-state index contributed by atoms with van der Waals surface area (Å²) in [7, 11) is 0. The molecule has 0 amide bonds. The van der Waals surface area contributed by atoms with E-state index < -0.39 is 17.1 Å². The van der Waals surface area contributed by atoms with Crippen molar-refractivity contribution < 1.29 is 17.6 Å². The van der Waals surface area contributed by atoms with Gasteiger partial charge in [-0.15, -0.1) is 11.6 Å². The Morgan fingerprint density at radius 3 is 1.86 bits per heavy atom. The largest absolute Gasteiger partial charge is 0.416 e. The van der Waals surface area contributed by atoms with E-state index in [1.807, 2.05) is 0 Å². The van der Waals surface area contributed by atoms with Crippen molar-refractivity contribution in [1.29, 1.82) is 0 Å². The number of halogens is 5. The molecule has 112 valence electrons. The number of benzene rings is 2. The predicted octanol–water partition coefficient (Wildman–Crippen LogP) is 5.79. The zero-order valence-electron chi connectivity index (χ0n) is 11.4. The summed E-state index contributed by atoms with van der Waals surface area (Å²) in [6.45, 7) is 3.45. The summed E-state index contributed by atoms with van der Waals surface area (Å²) in [6, 6.07) is 7.42. The van der Waals surface area contributed by atoms with Crippen molar-refractivity contribution in [2.45, 2.75) is 25.4 Å². The summed E-state index contributed by atoms with van der Waals surface area (Å²) < 4.78 is 50.9. The van der Waals surface area contributed by atoms with Crippen LogP contribution >= 0.6 is 11.6 Å². The summed E-state index contributed by atoms with van der Waals surface area (Å²) >= 11 is 6.36. The van der Waals surface area contributed by atoms with E-state index in [0.29, 0.717) is 16.7 Å². The molecule has 0 aliphatic rings. The highest BCUT2D eigenvalue weighted by Crippen LogP contribution is 2.36. The van der Waals surface area contributed by atoms with E-state index >= 15 is 0 Å². The van der Waals surface area contributed by atoms with Gasteiger partial charge in [0.25, 0.3) is 0 Å². The molecular formula is C16H13ClF4. The molecule has 2 aromatic rings. The fourth-order valence-corrected chi connectivity index (χ4v) is 2.82. The molecule has 2 aromatic carbocycles. The van der Waals surface area contributed by atoms with Crippen molar-refractivity contribution in [2.24, 2.45) is 0 Å². The highest BCUT2D eigenvalue weighted by atomic mass is 35.5. The SMILES string of the molecule is Cc1cc(F)cc(C)c1C(Cl)c1ccc(C(F)(F)F)cc1. The highest BCUT2D eigenvalue weighted by molar-refractivity contribution is 6.22. The highest BCUT2D eigenvalue weighted by Gasteiger charge is 2.30. The number of aryl methyl sites for hydroxylation is 2. The van der Waals surface area contributed by atoms with Crippen LogP contribution in [0.4, 0.5) is 17.6 Å². The summed E-state index contributed by atoms with van der Waals surface area (Å²) in [5.74, 6) is -0.356. The summed E-state index contributed by atoms with van der Waals surface area (Å²) in [5.41, 5.74) is 1.89. The zero-order chi connectivity index (χ0) is 15.8. The topological polar surface area (TPSA) is 0 Å². The maximum Gasteiger partial charge on any atom is 0.416 e. The molecular weight excluding hydrogens is 304 g/mol. The fourth-order valence-electron chi connectivity index (χ4n) is 2.33. The van der Waals surface area contributed by atoms with Crippen LogP contribution in [-0.4, -0.2) is 0 Å². The summed E-state index contributed by atoms with van der Waals surface area (Å²) in [5, 5.41) is -0.618. The van der Waals surface area contributed by atoms with Gasteiger partial charge in [-0.25, -0.2) is 4.39 Å². The third-order valence-corrected chi connectivity index (χ3v) is 3.81. The van der Waals surface area contributed by atoms with E-state index in [9.17, 15) is 17.6 Å². The lowest BCUT2D eigenvalue weighted by Gasteiger charge is -2.17. The smallest absolute Gasteiger partial charge is 0.207 e. The summed E-state index contributed by atoms with van der Waals surface area (Å²) in [4.78, 5) is 0. The second kappa shape index (κ2) is 5.68. The Morgan fingerprint density at radius 1 is 0.952 bits per heavy atom. The Balaban J connectivity index is 2.39. The van der Waals surface area contributed by atoms with Crippen LogP contribution in [0.5, 0.6) is 0 Å². The molecule has 0 saturated carbocycles. The third kappa shape index (κ3) is 3.38. The zero-order valence-corrected chi connectivity index (χ0v) is 12.2. The minimum Gasteiger partial charge on any atom is -0.207 e. The second-order valence-corrected chi connectivity index (χ2v) is 5.37. The van der Waals surface area contributed by atoms with Crippen molar-refractivity contribution >= 4 is 11.6 Å². The average molecular weight is 317 g/mol. The molecule has 21 heavy (non-hydrogen) atoms. The van der Waals surface area contributed by atoms with Crippen LogP contribution in [0, 0.1) is 19.7 Å². The van der Waals surface area contributed by atoms with Gasteiger partial charge in [-0.3, -0.25) is 0 Å². The molecule has 0 spiro atoms.